The second-order valence-electron chi connectivity index (χ2n) is 5.23. The smallest absolute Gasteiger partial charge is 0.312 e. The van der Waals surface area contributed by atoms with Crippen LogP contribution in [-0.4, -0.2) is 49.0 Å². The van der Waals surface area contributed by atoms with Crippen LogP contribution in [-0.2, 0) is 23.9 Å². The van der Waals surface area contributed by atoms with Crippen LogP contribution in [0.1, 0.15) is 33.6 Å². The predicted octanol–water partition coefficient (Wildman–Crippen LogP) is 0.986. The van der Waals surface area contributed by atoms with Crippen LogP contribution in [0.25, 0.3) is 0 Å². The summed E-state index contributed by atoms with van der Waals surface area (Å²) in [6.07, 6.45) is 0.705. The molecule has 0 aromatic carbocycles. The summed E-state index contributed by atoms with van der Waals surface area (Å²) in [4.78, 5) is 36.3. The van der Waals surface area contributed by atoms with Crippen LogP contribution in [0.2, 0.25) is 0 Å². The van der Waals surface area contributed by atoms with E-state index in [0.29, 0.717) is 25.9 Å². The lowest BCUT2D eigenvalue weighted by Crippen LogP contribution is -2.40. The van der Waals surface area contributed by atoms with Gasteiger partial charge in [-0.15, -0.1) is 0 Å². The van der Waals surface area contributed by atoms with Crippen LogP contribution in [0.5, 0.6) is 0 Å². The first kappa shape index (κ1) is 16.5. The molecule has 0 bridgehead atoms. The van der Waals surface area contributed by atoms with E-state index < -0.39 is 18.0 Å². The van der Waals surface area contributed by atoms with Crippen LogP contribution in [0.15, 0.2) is 0 Å². The zero-order chi connectivity index (χ0) is 15.3. The van der Waals surface area contributed by atoms with Gasteiger partial charge < -0.3 is 14.4 Å². The first-order valence-corrected chi connectivity index (χ1v) is 6.90. The van der Waals surface area contributed by atoms with Crippen molar-refractivity contribution in [2.24, 2.45) is 11.8 Å². The number of hydrogen-bond donors (Lipinski definition) is 0. The zero-order valence-electron chi connectivity index (χ0n) is 12.5. The Balaban J connectivity index is 2.44. The van der Waals surface area contributed by atoms with Gasteiger partial charge in [0.1, 0.15) is 6.10 Å². The van der Waals surface area contributed by atoms with E-state index >= 15 is 0 Å². The average Bonchev–Trinajstić information content (AvgIpc) is 2.45. The number of esters is 2. The fourth-order valence-corrected chi connectivity index (χ4v) is 2.19. The van der Waals surface area contributed by atoms with Crippen molar-refractivity contribution >= 4 is 17.8 Å². The quantitative estimate of drug-likeness (QED) is 0.720. The molecule has 0 radical (unpaired) electrons. The second-order valence-corrected chi connectivity index (χ2v) is 5.23. The third kappa shape index (κ3) is 4.21. The van der Waals surface area contributed by atoms with Crippen molar-refractivity contribution in [1.82, 2.24) is 4.90 Å². The van der Waals surface area contributed by atoms with Crippen LogP contribution < -0.4 is 0 Å². The van der Waals surface area contributed by atoms with Gasteiger partial charge in [-0.2, -0.15) is 0 Å². The molecule has 114 valence electrons. The van der Waals surface area contributed by atoms with Gasteiger partial charge >= 0.3 is 11.9 Å². The Morgan fingerprint density at radius 2 is 1.70 bits per heavy atom. The number of rotatable bonds is 4. The number of methoxy groups -OCH3 is 1. The topological polar surface area (TPSA) is 72.9 Å². The van der Waals surface area contributed by atoms with Gasteiger partial charge in [-0.3, -0.25) is 14.4 Å². The summed E-state index contributed by atoms with van der Waals surface area (Å²) in [5.41, 5.74) is 0. The Morgan fingerprint density at radius 1 is 1.15 bits per heavy atom. The van der Waals surface area contributed by atoms with Crippen LogP contribution in [0.4, 0.5) is 0 Å². The molecule has 20 heavy (non-hydrogen) atoms. The maximum Gasteiger partial charge on any atom is 0.312 e. The van der Waals surface area contributed by atoms with Gasteiger partial charge in [0, 0.05) is 20.0 Å². The number of carbonyl (C=O) groups excluding carboxylic acids is 3. The van der Waals surface area contributed by atoms with E-state index in [0.717, 1.165) is 0 Å². The SMILES string of the molecule is COC(=O)[C@@H](C)[C@H](C)OC(=O)C1CCN(C(C)=O)CC1. The lowest BCUT2D eigenvalue weighted by molar-refractivity contribution is -0.163. The van der Waals surface area contributed by atoms with E-state index in [9.17, 15) is 14.4 Å². The van der Waals surface area contributed by atoms with Gasteiger partial charge in [-0.1, -0.05) is 0 Å². The van der Waals surface area contributed by atoms with Gasteiger partial charge in [0.05, 0.1) is 18.9 Å². The lowest BCUT2D eigenvalue weighted by Gasteiger charge is -2.31. The van der Waals surface area contributed by atoms with E-state index in [-0.39, 0.29) is 17.8 Å². The number of ether oxygens (including phenoxy) is 2. The van der Waals surface area contributed by atoms with Crippen molar-refractivity contribution in [3.63, 3.8) is 0 Å². The minimum Gasteiger partial charge on any atom is -0.469 e. The number of piperidine rings is 1. The molecule has 6 nitrogen and oxygen atoms in total. The van der Waals surface area contributed by atoms with Crippen molar-refractivity contribution < 1.29 is 23.9 Å². The molecule has 1 fully saturated rings. The third-order valence-electron chi connectivity index (χ3n) is 3.85. The van der Waals surface area contributed by atoms with E-state index in [1.807, 2.05) is 0 Å². The van der Waals surface area contributed by atoms with Crippen molar-refractivity contribution in [2.45, 2.75) is 39.7 Å². The largest absolute Gasteiger partial charge is 0.469 e. The second kappa shape index (κ2) is 7.26. The molecule has 1 amide bonds. The van der Waals surface area contributed by atoms with Crippen molar-refractivity contribution in [2.75, 3.05) is 20.2 Å². The van der Waals surface area contributed by atoms with Crippen LogP contribution >= 0.6 is 0 Å². The van der Waals surface area contributed by atoms with Gasteiger partial charge in [-0.05, 0) is 26.7 Å². The summed E-state index contributed by atoms with van der Waals surface area (Å²) in [7, 11) is 1.31. The lowest BCUT2D eigenvalue weighted by atomic mass is 9.96. The Bertz CT molecular complexity index is 374. The minimum atomic E-state index is -0.513. The molecule has 0 spiro atoms. The highest BCUT2D eigenvalue weighted by Gasteiger charge is 2.30. The van der Waals surface area contributed by atoms with Gasteiger partial charge in [0.2, 0.25) is 5.91 Å². The maximum absolute atomic E-state index is 12.0. The van der Waals surface area contributed by atoms with Crippen LogP contribution in [0, 0.1) is 11.8 Å². The molecular formula is C14H23NO5. The molecule has 1 heterocycles. The fraction of sp³-hybridized carbons (Fsp3) is 0.786. The predicted molar refractivity (Wildman–Crippen MR) is 71.7 cm³/mol. The molecule has 0 aromatic rings. The van der Waals surface area contributed by atoms with Gasteiger partial charge in [-0.25, -0.2) is 0 Å². The maximum atomic E-state index is 12.0. The van der Waals surface area contributed by atoms with E-state index in [1.54, 1.807) is 18.7 Å². The summed E-state index contributed by atoms with van der Waals surface area (Å²) in [5.74, 6) is -1.34. The highest BCUT2D eigenvalue weighted by molar-refractivity contribution is 5.76. The van der Waals surface area contributed by atoms with Crippen LogP contribution in [0.3, 0.4) is 0 Å². The van der Waals surface area contributed by atoms with Gasteiger partial charge in [0.25, 0.3) is 0 Å². The summed E-state index contributed by atoms with van der Waals surface area (Å²) in [6, 6.07) is 0. The molecule has 1 rings (SSSR count). The average molecular weight is 285 g/mol. The molecule has 1 aliphatic heterocycles. The van der Waals surface area contributed by atoms with Crippen molar-refractivity contribution in [3.05, 3.63) is 0 Å². The van der Waals surface area contributed by atoms with Crippen molar-refractivity contribution in [3.8, 4) is 0 Å². The molecule has 1 aliphatic rings. The number of carbonyl (C=O) groups is 3. The molecule has 2 atom stereocenters. The Kier molecular flexibility index (Phi) is 5.98. The highest BCUT2D eigenvalue weighted by atomic mass is 16.6. The number of nitrogens with zero attached hydrogens (tertiary/aromatic N) is 1. The first-order valence-electron chi connectivity index (χ1n) is 6.90. The first-order chi connectivity index (χ1) is 9.36. The van der Waals surface area contributed by atoms with E-state index in [2.05, 4.69) is 4.74 Å². The summed E-state index contributed by atoms with van der Waals surface area (Å²) in [6.45, 7) is 6.04. The number of amides is 1. The zero-order valence-corrected chi connectivity index (χ0v) is 12.5. The number of hydrogen-bond acceptors (Lipinski definition) is 5. The molecular weight excluding hydrogens is 262 g/mol. The summed E-state index contributed by atoms with van der Waals surface area (Å²) < 4.78 is 9.95. The Labute approximate surface area is 119 Å². The standard InChI is InChI=1S/C14H23NO5/c1-9(13(17)19-4)10(2)20-14(18)12-5-7-15(8-6-12)11(3)16/h9-10,12H,5-8H2,1-4H3/t9-,10-/m0/s1. The molecule has 0 N–H and O–H groups in total. The monoisotopic (exact) mass is 285 g/mol. The Hall–Kier alpha value is -1.59. The summed E-state index contributed by atoms with van der Waals surface area (Å²) in [5, 5.41) is 0. The normalized spacial score (nSPS) is 19.1. The molecule has 0 aromatic heterocycles. The van der Waals surface area contributed by atoms with E-state index in [4.69, 9.17) is 4.74 Å². The highest BCUT2D eigenvalue weighted by Crippen LogP contribution is 2.20. The van der Waals surface area contributed by atoms with Gasteiger partial charge in [0.15, 0.2) is 0 Å². The summed E-state index contributed by atoms with van der Waals surface area (Å²) >= 11 is 0. The number of likely N-dealkylation sites (tertiary alicyclic amines) is 1. The molecule has 6 heteroatoms. The molecule has 0 unspecified atom stereocenters. The fourth-order valence-electron chi connectivity index (χ4n) is 2.19. The minimum absolute atomic E-state index is 0.0319. The molecule has 0 saturated carbocycles. The molecule has 0 aliphatic carbocycles. The molecule has 1 saturated heterocycles. The third-order valence-corrected chi connectivity index (χ3v) is 3.85. The van der Waals surface area contributed by atoms with Crippen molar-refractivity contribution in [1.29, 1.82) is 0 Å². The van der Waals surface area contributed by atoms with E-state index in [1.165, 1.54) is 14.0 Å². The Morgan fingerprint density at radius 3 is 2.15 bits per heavy atom.